The highest BCUT2D eigenvalue weighted by Gasteiger charge is 2.28. The predicted molar refractivity (Wildman–Crippen MR) is 235 cm³/mol. The largest absolute Gasteiger partial charge is 0.456 e. The van der Waals surface area contributed by atoms with Gasteiger partial charge in [-0.3, -0.25) is 4.98 Å². The first-order chi connectivity index (χ1) is 28.7. The van der Waals surface area contributed by atoms with E-state index < -0.39 is 0 Å². The van der Waals surface area contributed by atoms with E-state index >= 15 is 0 Å². The zero-order valence-electron chi connectivity index (χ0n) is 30.9. The predicted octanol–water partition coefficient (Wildman–Crippen LogP) is 13.2. The van der Waals surface area contributed by atoms with E-state index in [9.17, 15) is 0 Å². The Bertz CT molecular complexity index is 3620. The lowest BCUT2D eigenvalue weighted by Gasteiger charge is -2.16. The summed E-state index contributed by atoms with van der Waals surface area (Å²) in [7, 11) is 0. The fraction of sp³-hybridized carbons (Fsp3) is 0. The maximum Gasteiger partial charge on any atom is 0.164 e. The Hall–Kier alpha value is -7.96. The topological polar surface area (TPSA) is 69.6 Å². The van der Waals surface area contributed by atoms with Crippen LogP contribution in [0.3, 0.4) is 0 Å². The summed E-state index contributed by atoms with van der Waals surface area (Å²) in [5, 5.41) is 8.14. The van der Waals surface area contributed by atoms with Gasteiger partial charge >= 0.3 is 0 Å². The van der Waals surface area contributed by atoms with Gasteiger partial charge in [0.05, 0.1) is 16.6 Å². The molecule has 12 aromatic rings. The van der Waals surface area contributed by atoms with Gasteiger partial charge in [-0.25, -0.2) is 15.0 Å². The van der Waals surface area contributed by atoms with Crippen molar-refractivity contribution in [2.24, 2.45) is 0 Å². The zero-order chi connectivity index (χ0) is 37.9. The Morgan fingerprint density at radius 3 is 1.91 bits per heavy atom. The van der Waals surface area contributed by atoms with Crippen LogP contribution >= 0.6 is 0 Å². The molecule has 0 saturated heterocycles. The van der Waals surface area contributed by atoms with Crippen molar-refractivity contribution < 1.29 is 4.42 Å². The molecule has 0 atom stereocenters. The first kappa shape index (κ1) is 31.3. The number of rotatable bonds is 4. The van der Waals surface area contributed by atoms with Crippen molar-refractivity contribution >= 4 is 65.4 Å². The summed E-state index contributed by atoms with van der Waals surface area (Å²) in [6.07, 6.45) is 1.90. The molecule has 0 spiro atoms. The fourth-order valence-corrected chi connectivity index (χ4v) is 9.25. The minimum atomic E-state index is 0.608. The van der Waals surface area contributed by atoms with Gasteiger partial charge in [-0.1, -0.05) is 121 Å². The lowest BCUT2D eigenvalue weighted by atomic mass is 9.91. The van der Waals surface area contributed by atoms with Gasteiger partial charge in [0.15, 0.2) is 17.5 Å². The Kier molecular flexibility index (Phi) is 6.35. The van der Waals surface area contributed by atoms with Crippen molar-refractivity contribution in [2.75, 3.05) is 0 Å². The average Bonchev–Trinajstić information content (AvgIpc) is 3.81. The van der Waals surface area contributed by atoms with Crippen molar-refractivity contribution in [3.8, 4) is 62.1 Å². The number of para-hydroxylation sites is 1. The maximum atomic E-state index is 6.54. The van der Waals surface area contributed by atoms with E-state index in [0.717, 1.165) is 77.4 Å². The number of fused-ring (bicyclic) bond motifs is 8. The van der Waals surface area contributed by atoms with Gasteiger partial charge in [0.25, 0.3) is 0 Å². The van der Waals surface area contributed by atoms with Crippen LogP contribution in [0.4, 0.5) is 0 Å². The molecule has 0 unspecified atom stereocenters. The Morgan fingerprint density at radius 2 is 1.10 bits per heavy atom. The van der Waals surface area contributed by atoms with Gasteiger partial charge in [-0.15, -0.1) is 0 Å². The van der Waals surface area contributed by atoms with E-state index in [1.807, 2.05) is 79.0 Å². The molecular weight excluding hydrogens is 711 g/mol. The summed E-state index contributed by atoms with van der Waals surface area (Å²) in [4.78, 5) is 20.2. The number of nitrogens with zero attached hydrogens (tertiary/aromatic N) is 5. The molecule has 4 aromatic heterocycles. The molecule has 8 aromatic carbocycles. The second kappa shape index (κ2) is 11.8. The SMILES string of the molecule is c1ccc(-c2nc(-c3ccccc3)nc(-c3cccc(-n4c5ccc6cccc7c6c5c5c(cc6cccnc6c54)-c4cc5oc6ccccc6c5cc4-7)c3)n2)cc1. The molecule has 6 nitrogen and oxygen atoms in total. The molecule has 0 amide bonds. The van der Waals surface area contributed by atoms with Crippen LogP contribution in [0.1, 0.15) is 0 Å². The Morgan fingerprint density at radius 1 is 0.414 bits per heavy atom. The summed E-state index contributed by atoms with van der Waals surface area (Å²) < 4.78 is 8.93. The highest BCUT2D eigenvalue weighted by atomic mass is 16.3. The third-order valence-electron chi connectivity index (χ3n) is 11.8. The van der Waals surface area contributed by atoms with Gasteiger partial charge in [-0.2, -0.15) is 0 Å². The Labute approximate surface area is 331 Å². The molecule has 6 heteroatoms. The molecule has 268 valence electrons. The molecule has 0 saturated carbocycles. The molecule has 0 aliphatic heterocycles. The van der Waals surface area contributed by atoms with Gasteiger partial charge < -0.3 is 8.98 Å². The lowest BCUT2D eigenvalue weighted by molar-refractivity contribution is 0.669. The van der Waals surface area contributed by atoms with E-state index in [-0.39, 0.29) is 0 Å². The van der Waals surface area contributed by atoms with E-state index in [2.05, 4.69) is 102 Å². The fourth-order valence-electron chi connectivity index (χ4n) is 9.25. The van der Waals surface area contributed by atoms with Crippen LogP contribution in [-0.4, -0.2) is 24.5 Å². The van der Waals surface area contributed by atoms with E-state index in [1.165, 1.54) is 32.7 Å². The summed E-state index contributed by atoms with van der Waals surface area (Å²) in [6, 6.07) is 59.4. The number of furan rings is 1. The van der Waals surface area contributed by atoms with Crippen LogP contribution in [0.25, 0.3) is 128 Å². The molecule has 13 rings (SSSR count). The normalized spacial score (nSPS) is 12.1. The molecule has 1 aliphatic rings. The van der Waals surface area contributed by atoms with Crippen LogP contribution in [0.2, 0.25) is 0 Å². The number of pyridine rings is 1. The number of hydrogen-bond acceptors (Lipinski definition) is 5. The second-order valence-electron chi connectivity index (χ2n) is 15.0. The monoisotopic (exact) mass is 739 g/mol. The molecule has 58 heavy (non-hydrogen) atoms. The van der Waals surface area contributed by atoms with Crippen molar-refractivity contribution in [3.05, 3.63) is 176 Å². The summed E-state index contributed by atoms with van der Waals surface area (Å²) in [5.41, 5.74) is 13.4. The van der Waals surface area contributed by atoms with E-state index in [1.54, 1.807) is 0 Å². The second-order valence-corrected chi connectivity index (χ2v) is 15.0. The summed E-state index contributed by atoms with van der Waals surface area (Å²) in [5.74, 6) is 1.87. The van der Waals surface area contributed by atoms with Crippen molar-refractivity contribution in [1.82, 2.24) is 24.5 Å². The van der Waals surface area contributed by atoms with Crippen molar-refractivity contribution in [1.29, 1.82) is 0 Å². The van der Waals surface area contributed by atoms with Crippen molar-refractivity contribution in [3.63, 3.8) is 0 Å². The number of hydrogen-bond donors (Lipinski definition) is 0. The van der Waals surface area contributed by atoms with Crippen LogP contribution in [-0.2, 0) is 0 Å². The van der Waals surface area contributed by atoms with Gasteiger partial charge in [0.2, 0.25) is 0 Å². The quantitative estimate of drug-likeness (QED) is 0.180. The molecule has 4 heterocycles. The highest BCUT2D eigenvalue weighted by molar-refractivity contribution is 6.34. The number of benzene rings is 8. The number of aromatic nitrogens is 5. The highest BCUT2D eigenvalue weighted by Crippen LogP contribution is 2.52. The molecule has 0 bridgehead atoms. The first-order valence-corrected chi connectivity index (χ1v) is 19.5. The third-order valence-corrected chi connectivity index (χ3v) is 11.8. The molecule has 0 N–H and O–H groups in total. The summed E-state index contributed by atoms with van der Waals surface area (Å²) >= 11 is 0. The molecule has 0 fully saturated rings. The van der Waals surface area contributed by atoms with E-state index in [0.29, 0.717) is 17.5 Å². The smallest absolute Gasteiger partial charge is 0.164 e. The standard InChI is InChI=1S/C52H29N5O/c1-3-12-31(13-4-1)50-54-51(32-14-5-2-6-15-32)56-52(55-50)34-17-9-19-35(26-34)57-42-24-23-30-16-10-21-37-38-28-40-36-20-7-8-22-43(36)58-44(40)29-39(38)41-27-33-18-11-25-53-48(33)49(57)46(41)47(42)45(30)37/h1-29H. The van der Waals surface area contributed by atoms with Crippen LogP contribution in [0.15, 0.2) is 180 Å². The third kappa shape index (κ3) is 4.42. The zero-order valence-corrected chi connectivity index (χ0v) is 30.9. The minimum absolute atomic E-state index is 0.608. The molecule has 1 aliphatic carbocycles. The van der Waals surface area contributed by atoms with Gasteiger partial charge in [-0.05, 0) is 81.6 Å². The van der Waals surface area contributed by atoms with Gasteiger partial charge in [0, 0.05) is 55.5 Å². The average molecular weight is 740 g/mol. The maximum absolute atomic E-state index is 6.54. The van der Waals surface area contributed by atoms with Gasteiger partial charge in [0.1, 0.15) is 11.2 Å². The van der Waals surface area contributed by atoms with Crippen LogP contribution < -0.4 is 0 Å². The van der Waals surface area contributed by atoms with Crippen LogP contribution in [0, 0.1) is 0 Å². The minimum Gasteiger partial charge on any atom is -0.456 e. The first-order valence-electron chi connectivity index (χ1n) is 19.5. The Balaban J connectivity index is 1.12. The lowest BCUT2D eigenvalue weighted by Crippen LogP contribution is -2.01. The molecular formula is C52H29N5O. The van der Waals surface area contributed by atoms with Crippen molar-refractivity contribution in [2.45, 2.75) is 0 Å². The summed E-state index contributed by atoms with van der Waals surface area (Å²) in [6.45, 7) is 0. The van der Waals surface area contributed by atoms with E-state index in [4.69, 9.17) is 24.4 Å². The van der Waals surface area contributed by atoms with Crippen LogP contribution in [0.5, 0.6) is 0 Å². The molecule has 0 radical (unpaired) electrons.